The Labute approximate surface area is 138 Å². The predicted octanol–water partition coefficient (Wildman–Crippen LogP) is 5.00. The van der Waals surface area contributed by atoms with Crippen molar-refractivity contribution in [2.24, 2.45) is 10.9 Å². The Morgan fingerprint density at radius 2 is 1.90 bits per heavy atom. The molecule has 0 heterocycles. The van der Waals surface area contributed by atoms with E-state index in [2.05, 4.69) is 21.1 Å². The standard InChI is InChI=1S/C13H9BrCl2N2OS/c14-9-5-7(13(17)18-19)1-4-11(9)20-12-6-8(15)2-3-10(12)16/h1-6,19H,(H2,17,18). The summed E-state index contributed by atoms with van der Waals surface area (Å²) in [7, 11) is 0. The highest BCUT2D eigenvalue weighted by atomic mass is 79.9. The molecule has 0 unspecified atom stereocenters. The third-order valence-electron chi connectivity index (χ3n) is 2.45. The highest BCUT2D eigenvalue weighted by molar-refractivity contribution is 9.10. The fourth-order valence-corrected chi connectivity index (χ4v) is 3.45. The zero-order valence-electron chi connectivity index (χ0n) is 9.98. The molecule has 0 aliphatic rings. The average Bonchev–Trinajstić information content (AvgIpc) is 2.44. The van der Waals surface area contributed by atoms with Gasteiger partial charge in [-0.25, -0.2) is 0 Å². The van der Waals surface area contributed by atoms with Crippen LogP contribution in [0.1, 0.15) is 5.56 Å². The van der Waals surface area contributed by atoms with E-state index >= 15 is 0 Å². The normalized spacial score (nSPS) is 11.7. The molecule has 0 saturated carbocycles. The summed E-state index contributed by atoms with van der Waals surface area (Å²) in [4.78, 5) is 1.81. The highest BCUT2D eigenvalue weighted by Crippen LogP contribution is 2.38. The first kappa shape index (κ1) is 15.5. The number of benzene rings is 2. The van der Waals surface area contributed by atoms with Crippen LogP contribution < -0.4 is 5.73 Å². The van der Waals surface area contributed by atoms with Crippen LogP contribution in [0.15, 0.2) is 55.8 Å². The predicted molar refractivity (Wildman–Crippen MR) is 87.2 cm³/mol. The van der Waals surface area contributed by atoms with E-state index in [1.807, 2.05) is 6.07 Å². The molecule has 104 valence electrons. The van der Waals surface area contributed by atoms with E-state index in [-0.39, 0.29) is 5.84 Å². The van der Waals surface area contributed by atoms with Gasteiger partial charge in [-0.05, 0) is 52.3 Å². The van der Waals surface area contributed by atoms with Crippen LogP contribution in [-0.4, -0.2) is 11.0 Å². The summed E-state index contributed by atoms with van der Waals surface area (Å²) in [5.41, 5.74) is 6.17. The van der Waals surface area contributed by atoms with Gasteiger partial charge in [-0.1, -0.05) is 40.1 Å². The first-order valence-electron chi connectivity index (χ1n) is 5.41. The maximum absolute atomic E-state index is 8.66. The van der Waals surface area contributed by atoms with Gasteiger partial charge in [0, 0.05) is 24.8 Å². The van der Waals surface area contributed by atoms with Crippen LogP contribution in [0, 0.1) is 0 Å². The number of rotatable bonds is 3. The zero-order valence-corrected chi connectivity index (χ0v) is 13.9. The van der Waals surface area contributed by atoms with Crippen molar-refractivity contribution in [2.75, 3.05) is 0 Å². The van der Waals surface area contributed by atoms with Crippen LogP contribution in [-0.2, 0) is 0 Å². The van der Waals surface area contributed by atoms with Crippen LogP contribution in [0.5, 0.6) is 0 Å². The van der Waals surface area contributed by atoms with Gasteiger partial charge in [0.15, 0.2) is 5.84 Å². The lowest BCUT2D eigenvalue weighted by atomic mass is 10.2. The summed E-state index contributed by atoms with van der Waals surface area (Å²) in [6.45, 7) is 0. The minimum absolute atomic E-state index is 0.0584. The molecule has 3 N–H and O–H groups in total. The molecule has 0 saturated heterocycles. The first-order chi connectivity index (χ1) is 9.51. The van der Waals surface area contributed by atoms with Crippen LogP contribution >= 0.6 is 50.9 Å². The van der Waals surface area contributed by atoms with Crippen LogP contribution in [0.4, 0.5) is 0 Å². The molecule has 0 amide bonds. The molecule has 0 aliphatic carbocycles. The second kappa shape index (κ2) is 6.72. The molecule has 0 bridgehead atoms. The van der Waals surface area contributed by atoms with Gasteiger partial charge in [-0.3, -0.25) is 0 Å². The quantitative estimate of drug-likeness (QED) is 0.335. The molecule has 0 spiro atoms. The van der Waals surface area contributed by atoms with E-state index in [4.69, 9.17) is 34.1 Å². The van der Waals surface area contributed by atoms with Gasteiger partial charge >= 0.3 is 0 Å². The van der Waals surface area contributed by atoms with Gasteiger partial charge in [0.1, 0.15) is 0 Å². The second-order valence-corrected chi connectivity index (χ2v) is 6.59. The molecule has 7 heteroatoms. The molecular weight excluding hydrogens is 383 g/mol. The van der Waals surface area contributed by atoms with E-state index in [0.29, 0.717) is 15.6 Å². The summed E-state index contributed by atoms with van der Waals surface area (Å²) in [5, 5.41) is 12.9. The smallest absolute Gasteiger partial charge is 0.170 e. The third-order valence-corrected chi connectivity index (χ3v) is 5.18. The minimum atomic E-state index is 0.0584. The molecule has 0 aromatic heterocycles. The molecule has 2 aromatic rings. The molecule has 3 nitrogen and oxygen atoms in total. The zero-order chi connectivity index (χ0) is 14.7. The Bertz CT molecular complexity index is 679. The van der Waals surface area contributed by atoms with E-state index < -0.39 is 0 Å². The van der Waals surface area contributed by atoms with Crippen molar-refractivity contribution in [3.05, 3.63) is 56.5 Å². The lowest BCUT2D eigenvalue weighted by Crippen LogP contribution is -2.12. The van der Waals surface area contributed by atoms with Crippen molar-refractivity contribution >= 4 is 56.7 Å². The van der Waals surface area contributed by atoms with Crippen molar-refractivity contribution in [2.45, 2.75) is 9.79 Å². The largest absolute Gasteiger partial charge is 0.409 e. The summed E-state index contributed by atoms with van der Waals surface area (Å²) < 4.78 is 0.822. The number of nitrogens with zero attached hydrogens (tertiary/aromatic N) is 1. The highest BCUT2D eigenvalue weighted by Gasteiger charge is 2.09. The van der Waals surface area contributed by atoms with Gasteiger partial charge in [-0.2, -0.15) is 0 Å². The molecule has 0 aliphatic heterocycles. The summed E-state index contributed by atoms with van der Waals surface area (Å²) in [5.74, 6) is 0.0584. The summed E-state index contributed by atoms with van der Waals surface area (Å²) >= 11 is 17.0. The van der Waals surface area contributed by atoms with E-state index in [1.54, 1.807) is 30.3 Å². The van der Waals surface area contributed by atoms with Crippen LogP contribution in [0.25, 0.3) is 0 Å². The van der Waals surface area contributed by atoms with E-state index in [1.165, 1.54) is 11.8 Å². The fourth-order valence-electron chi connectivity index (χ4n) is 1.47. The van der Waals surface area contributed by atoms with Crippen molar-refractivity contribution in [3.63, 3.8) is 0 Å². The molecule has 2 aromatic carbocycles. The van der Waals surface area contributed by atoms with Crippen molar-refractivity contribution in [3.8, 4) is 0 Å². The van der Waals surface area contributed by atoms with Gasteiger partial charge in [-0.15, -0.1) is 0 Å². The van der Waals surface area contributed by atoms with Crippen molar-refractivity contribution < 1.29 is 5.21 Å². The van der Waals surface area contributed by atoms with Gasteiger partial charge in [0.05, 0.1) is 5.02 Å². The second-order valence-electron chi connectivity index (χ2n) is 3.81. The topological polar surface area (TPSA) is 58.6 Å². The number of hydrogen-bond donors (Lipinski definition) is 2. The first-order valence-corrected chi connectivity index (χ1v) is 7.78. The lowest BCUT2D eigenvalue weighted by molar-refractivity contribution is 0.318. The lowest BCUT2D eigenvalue weighted by Gasteiger charge is -2.08. The molecule has 0 fully saturated rings. The Morgan fingerprint density at radius 3 is 2.55 bits per heavy atom. The fraction of sp³-hybridized carbons (Fsp3) is 0. The van der Waals surface area contributed by atoms with Crippen LogP contribution in [0.3, 0.4) is 0 Å². The molecule has 2 rings (SSSR count). The number of oxime groups is 1. The van der Waals surface area contributed by atoms with Gasteiger partial charge < -0.3 is 10.9 Å². The Kier molecular flexibility index (Phi) is 5.21. The Hall–Kier alpha value is -0.880. The van der Waals surface area contributed by atoms with Crippen molar-refractivity contribution in [1.82, 2.24) is 0 Å². The molecule has 0 radical (unpaired) electrons. The average molecular weight is 392 g/mol. The number of halogens is 3. The molecule has 0 atom stereocenters. The number of amidine groups is 1. The number of hydrogen-bond acceptors (Lipinski definition) is 3. The van der Waals surface area contributed by atoms with Gasteiger partial charge in [0.2, 0.25) is 0 Å². The van der Waals surface area contributed by atoms with Crippen molar-refractivity contribution in [1.29, 1.82) is 0 Å². The summed E-state index contributed by atoms with van der Waals surface area (Å²) in [6, 6.07) is 10.7. The van der Waals surface area contributed by atoms with E-state index in [0.717, 1.165) is 14.3 Å². The number of nitrogens with two attached hydrogens (primary N) is 1. The third kappa shape index (κ3) is 3.61. The SMILES string of the molecule is N/C(=N/O)c1ccc(Sc2cc(Cl)ccc2Cl)c(Br)c1. The molecular formula is C13H9BrCl2N2OS. The van der Waals surface area contributed by atoms with E-state index in [9.17, 15) is 0 Å². The monoisotopic (exact) mass is 390 g/mol. The maximum Gasteiger partial charge on any atom is 0.170 e. The summed E-state index contributed by atoms with van der Waals surface area (Å²) in [6.07, 6.45) is 0. The Morgan fingerprint density at radius 1 is 1.15 bits per heavy atom. The van der Waals surface area contributed by atoms with Gasteiger partial charge in [0.25, 0.3) is 0 Å². The molecule has 20 heavy (non-hydrogen) atoms. The Balaban J connectivity index is 2.33. The maximum atomic E-state index is 8.66. The minimum Gasteiger partial charge on any atom is -0.409 e. The van der Waals surface area contributed by atoms with Crippen LogP contribution in [0.2, 0.25) is 10.0 Å².